The minimum Gasteiger partial charge on any atom is -0.355 e. The predicted molar refractivity (Wildman–Crippen MR) is 100.0 cm³/mol. The van der Waals surface area contributed by atoms with Gasteiger partial charge in [0, 0.05) is 22.1 Å². The second kappa shape index (κ2) is 7.66. The molecule has 0 spiro atoms. The minimum absolute atomic E-state index is 0.0308. The van der Waals surface area contributed by atoms with Crippen LogP contribution in [0.5, 0.6) is 0 Å². The van der Waals surface area contributed by atoms with E-state index in [1.165, 1.54) is 0 Å². The van der Waals surface area contributed by atoms with Crippen LogP contribution in [0, 0.1) is 0 Å². The van der Waals surface area contributed by atoms with E-state index in [0.29, 0.717) is 11.4 Å². The summed E-state index contributed by atoms with van der Waals surface area (Å²) in [5.41, 5.74) is 3.61. The second-order valence-corrected chi connectivity index (χ2v) is 5.86. The van der Waals surface area contributed by atoms with Crippen LogP contribution in [0.2, 0.25) is 5.02 Å². The lowest BCUT2D eigenvalue weighted by Gasteiger charge is -2.09. The molecule has 0 heterocycles. The number of anilines is 3. The van der Waals surface area contributed by atoms with E-state index < -0.39 is 0 Å². The summed E-state index contributed by atoms with van der Waals surface area (Å²) in [6.45, 7) is 0. The second-order valence-electron chi connectivity index (χ2n) is 5.42. The Kier molecular flexibility index (Phi) is 5.14. The summed E-state index contributed by atoms with van der Waals surface area (Å²) in [6, 6.07) is 24.8. The molecule has 3 rings (SSSR count). The average Bonchev–Trinajstić information content (AvgIpc) is 2.57. The lowest BCUT2D eigenvalue weighted by Crippen LogP contribution is -2.14. The van der Waals surface area contributed by atoms with E-state index in [4.69, 9.17) is 11.6 Å². The average molecular weight is 337 g/mol. The first kappa shape index (κ1) is 16.1. The minimum atomic E-state index is -0.0308. The quantitative estimate of drug-likeness (QED) is 0.666. The topological polar surface area (TPSA) is 41.1 Å². The van der Waals surface area contributed by atoms with Crippen LogP contribution < -0.4 is 10.6 Å². The van der Waals surface area contributed by atoms with Gasteiger partial charge in [0.05, 0.1) is 6.42 Å². The van der Waals surface area contributed by atoms with Gasteiger partial charge in [-0.1, -0.05) is 48.0 Å². The summed E-state index contributed by atoms with van der Waals surface area (Å²) in [4.78, 5) is 12.1. The summed E-state index contributed by atoms with van der Waals surface area (Å²) < 4.78 is 0. The zero-order valence-corrected chi connectivity index (χ0v) is 13.8. The van der Waals surface area contributed by atoms with Gasteiger partial charge in [-0.3, -0.25) is 4.79 Å². The maximum atomic E-state index is 12.1. The summed E-state index contributed by atoms with van der Waals surface area (Å²) in [7, 11) is 0. The number of benzene rings is 3. The van der Waals surface area contributed by atoms with Crippen molar-refractivity contribution < 1.29 is 4.79 Å². The van der Waals surface area contributed by atoms with Gasteiger partial charge in [0.25, 0.3) is 0 Å². The lowest BCUT2D eigenvalue weighted by atomic mass is 10.1. The number of nitrogens with one attached hydrogen (secondary N) is 2. The molecule has 0 aliphatic rings. The van der Waals surface area contributed by atoms with Crippen molar-refractivity contribution in [2.75, 3.05) is 10.6 Å². The molecule has 120 valence electrons. The molecule has 1 amide bonds. The first-order chi connectivity index (χ1) is 11.7. The number of amides is 1. The largest absolute Gasteiger partial charge is 0.355 e. The van der Waals surface area contributed by atoms with Crippen molar-refractivity contribution in [3.05, 3.63) is 89.4 Å². The molecule has 0 unspecified atom stereocenters. The van der Waals surface area contributed by atoms with E-state index in [9.17, 15) is 4.79 Å². The smallest absolute Gasteiger partial charge is 0.228 e. The molecule has 3 nitrogen and oxygen atoms in total. The van der Waals surface area contributed by atoms with Gasteiger partial charge in [0.15, 0.2) is 0 Å². The summed E-state index contributed by atoms with van der Waals surface area (Å²) in [5, 5.41) is 6.86. The van der Waals surface area contributed by atoms with Crippen LogP contribution in [0.25, 0.3) is 0 Å². The molecule has 0 fully saturated rings. The highest BCUT2D eigenvalue weighted by Crippen LogP contribution is 2.21. The molecule has 0 atom stereocenters. The van der Waals surface area contributed by atoms with Gasteiger partial charge >= 0.3 is 0 Å². The van der Waals surface area contributed by atoms with Crippen molar-refractivity contribution in [3.63, 3.8) is 0 Å². The molecular formula is C20H17ClN2O. The number of carbonyl (C=O) groups is 1. The van der Waals surface area contributed by atoms with Crippen molar-refractivity contribution >= 4 is 34.6 Å². The van der Waals surface area contributed by atoms with Gasteiger partial charge in [-0.15, -0.1) is 0 Å². The van der Waals surface area contributed by atoms with Crippen molar-refractivity contribution in [1.29, 1.82) is 0 Å². The molecule has 0 aliphatic carbocycles. The van der Waals surface area contributed by atoms with Crippen LogP contribution in [0.15, 0.2) is 78.9 Å². The number of rotatable bonds is 5. The van der Waals surface area contributed by atoms with E-state index >= 15 is 0 Å². The van der Waals surface area contributed by atoms with E-state index in [2.05, 4.69) is 10.6 Å². The third kappa shape index (κ3) is 4.61. The molecule has 3 aromatic rings. The van der Waals surface area contributed by atoms with Crippen LogP contribution in [-0.2, 0) is 11.2 Å². The molecule has 0 saturated carbocycles. The molecule has 0 aliphatic heterocycles. The Labute approximate surface area is 146 Å². The molecule has 3 aromatic carbocycles. The standard InChI is InChI=1S/C20H17ClN2O/c21-16-7-4-8-19(14-16)22-17-9-11-18(12-10-17)23-20(24)13-15-5-2-1-3-6-15/h1-12,14,22H,13H2,(H,23,24). The molecular weight excluding hydrogens is 320 g/mol. The van der Waals surface area contributed by atoms with Crippen molar-refractivity contribution in [2.24, 2.45) is 0 Å². The molecule has 0 radical (unpaired) electrons. The van der Waals surface area contributed by atoms with Crippen molar-refractivity contribution in [1.82, 2.24) is 0 Å². The summed E-state index contributed by atoms with van der Waals surface area (Å²) in [6.07, 6.45) is 0.364. The Bertz CT molecular complexity index is 817. The third-order valence-corrected chi connectivity index (χ3v) is 3.72. The highest BCUT2D eigenvalue weighted by molar-refractivity contribution is 6.30. The van der Waals surface area contributed by atoms with Gasteiger partial charge in [-0.25, -0.2) is 0 Å². The Balaban J connectivity index is 1.59. The van der Waals surface area contributed by atoms with Crippen molar-refractivity contribution in [2.45, 2.75) is 6.42 Å². The van der Waals surface area contributed by atoms with E-state index in [0.717, 1.165) is 22.6 Å². The number of hydrogen-bond acceptors (Lipinski definition) is 2. The zero-order chi connectivity index (χ0) is 16.8. The lowest BCUT2D eigenvalue weighted by molar-refractivity contribution is -0.115. The van der Waals surface area contributed by atoms with Gasteiger partial charge in [-0.2, -0.15) is 0 Å². The van der Waals surface area contributed by atoms with Gasteiger partial charge in [0.1, 0.15) is 0 Å². The Morgan fingerprint density at radius 3 is 2.21 bits per heavy atom. The third-order valence-electron chi connectivity index (χ3n) is 3.49. The first-order valence-electron chi connectivity index (χ1n) is 7.65. The molecule has 0 bridgehead atoms. The maximum absolute atomic E-state index is 12.1. The van der Waals surface area contributed by atoms with E-state index in [1.807, 2.05) is 78.9 Å². The Hall–Kier alpha value is -2.78. The Morgan fingerprint density at radius 2 is 1.50 bits per heavy atom. The Morgan fingerprint density at radius 1 is 0.792 bits per heavy atom. The molecule has 24 heavy (non-hydrogen) atoms. The molecule has 0 aromatic heterocycles. The SMILES string of the molecule is O=C(Cc1ccccc1)Nc1ccc(Nc2cccc(Cl)c2)cc1. The fourth-order valence-electron chi connectivity index (χ4n) is 2.36. The fraction of sp³-hybridized carbons (Fsp3) is 0.0500. The van der Waals surface area contributed by atoms with Crippen LogP contribution in [0.4, 0.5) is 17.1 Å². The van der Waals surface area contributed by atoms with Crippen molar-refractivity contribution in [3.8, 4) is 0 Å². The summed E-state index contributed by atoms with van der Waals surface area (Å²) in [5.74, 6) is -0.0308. The van der Waals surface area contributed by atoms with Gasteiger partial charge in [0.2, 0.25) is 5.91 Å². The van der Waals surface area contributed by atoms with E-state index in [-0.39, 0.29) is 5.91 Å². The van der Waals surface area contributed by atoms with Gasteiger partial charge < -0.3 is 10.6 Å². The monoisotopic (exact) mass is 336 g/mol. The van der Waals surface area contributed by atoms with Crippen LogP contribution >= 0.6 is 11.6 Å². The highest BCUT2D eigenvalue weighted by atomic mass is 35.5. The molecule has 4 heteroatoms. The van der Waals surface area contributed by atoms with Gasteiger partial charge in [-0.05, 0) is 48.0 Å². The number of halogens is 1. The zero-order valence-electron chi connectivity index (χ0n) is 13.0. The number of carbonyl (C=O) groups excluding carboxylic acids is 1. The molecule has 0 saturated heterocycles. The van der Waals surface area contributed by atoms with E-state index in [1.54, 1.807) is 0 Å². The van der Waals surface area contributed by atoms with Crippen LogP contribution in [-0.4, -0.2) is 5.91 Å². The first-order valence-corrected chi connectivity index (χ1v) is 8.03. The fourth-order valence-corrected chi connectivity index (χ4v) is 2.55. The molecule has 2 N–H and O–H groups in total. The number of hydrogen-bond donors (Lipinski definition) is 2. The highest BCUT2D eigenvalue weighted by Gasteiger charge is 2.04. The predicted octanol–water partition coefficient (Wildman–Crippen LogP) is 5.26. The normalized spacial score (nSPS) is 10.2. The maximum Gasteiger partial charge on any atom is 0.228 e. The summed E-state index contributed by atoms with van der Waals surface area (Å²) >= 11 is 5.97. The van der Waals surface area contributed by atoms with Crippen LogP contribution in [0.3, 0.4) is 0 Å². The van der Waals surface area contributed by atoms with Crippen LogP contribution in [0.1, 0.15) is 5.56 Å².